The fraction of sp³-hybridized carbons (Fsp3) is 0.0769. The lowest BCUT2D eigenvalue weighted by molar-refractivity contribution is -0.134. The van der Waals surface area contributed by atoms with Gasteiger partial charge in [0.25, 0.3) is 0 Å². The van der Waals surface area contributed by atoms with Gasteiger partial charge >= 0.3 is 5.97 Å². The minimum atomic E-state index is -4.36. The van der Waals surface area contributed by atoms with Crippen LogP contribution in [0.25, 0.3) is 10.2 Å². The number of hydrazone groups is 1. The second kappa shape index (κ2) is 10.3. The lowest BCUT2D eigenvalue weighted by Gasteiger charge is -2.18. The molecule has 11 heteroatoms. The molecule has 1 aliphatic heterocycles. The number of nitrogens with zero attached hydrogens (tertiary/aromatic N) is 3. The Balaban J connectivity index is 1.75. The van der Waals surface area contributed by atoms with Gasteiger partial charge in [0.1, 0.15) is 5.03 Å². The van der Waals surface area contributed by atoms with E-state index in [0.29, 0.717) is 11.2 Å². The van der Waals surface area contributed by atoms with Crippen LogP contribution in [0.3, 0.4) is 0 Å². The third-order valence-corrected chi connectivity index (χ3v) is 9.22. The monoisotopic (exact) mass is 549 g/mol. The van der Waals surface area contributed by atoms with Crippen molar-refractivity contribution in [1.82, 2.24) is 4.98 Å². The first-order chi connectivity index (χ1) is 17.9. The topological polar surface area (TPSA) is 106 Å². The highest BCUT2D eigenvalue weighted by Gasteiger charge is 2.40. The molecule has 0 unspecified atom stereocenters. The standard InChI is InChI=1S/C26H19N3O5S3/c1-2-34-26(31)24-28-29(17-11-5-3-6-12-17)25(36-24)22(37(32,33)18-13-7-4-8-14-18)21(30)23-27-19-15-9-10-16-20(19)35-23/h3-16H,2H2,1H3/b25-22+. The number of rotatable bonds is 7. The van der Waals surface area contributed by atoms with Crippen molar-refractivity contribution in [3.63, 3.8) is 0 Å². The van der Waals surface area contributed by atoms with Crippen LogP contribution in [0.2, 0.25) is 0 Å². The van der Waals surface area contributed by atoms with Crippen LogP contribution in [0.15, 0.2) is 105 Å². The molecular formula is C26H19N3O5S3. The summed E-state index contributed by atoms with van der Waals surface area (Å²) in [6, 6.07) is 23.5. The molecule has 0 N–H and O–H groups in total. The summed E-state index contributed by atoms with van der Waals surface area (Å²) in [7, 11) is -4.36. The SMILES string of the molecule is CCOC(=O)C1=NN(c2ccccc2)/C(=C(/C(=O)c2nc3ccccc3s2)S(=O)(=O)c2ccccc2)S1. The van der Waals surface area contributed by atoms with E-state index in [4.69, 9.17) is 4.74 Å². The molecule has 0 atom stereocenters. The molecule has 0 saturated carbocycles. The number of thiazole rings is 1. The zero-order valence-corrected chi connectivity index (χ0v) is 21.8. The molecular weight excluding hydrogens is 531 g/mol. The van der Waals surface area contributed by atoms with Crippen LogP contribution in [0.1, 0.15) is 16.7 Å². The number of sulfone groups is 1. The molecule has 5 rings (SSSR count). The number of anilines is 1. The number of ether oxygens (including phenoxy) is 1. The van der Waals surface area contributed by atoms with Gasteiger partial charge in [-0.25, -0.2) is 23.2 Å². The zero-order valence-electron chi connectivity index (χ0n) is 19.4. The average molecular weight is 550 g/mol. The number of carbonyl (C=O) groups excluding carboxylic acids is 2. The molecule has 1 aliphatic rings. The molecule has 4 aromatic rings. The van der Waals surface area contributed by atoms with Gasteiger partial charge < -0.3 is 4.74 Å². The third-order valence-electron chi connectivity index (χ3n) is 5.24. The normalized spacial score (nSPS) is 14.9. The van der Waals surface area contributed by atoms with E-state index in [9.17, 15) is 18.0 Å². The summed E-state index contributed by atoms with van der Waals surface area (Å²) in [5, 5.41) is 5.55. The van der Waals surface area contributed by atoms with Crippen LogP contribution >= 0.6 is 23.1 Å². The molecule has 0 radical (unpaired) electrons. The summed E-state index contributed by atoms with van der Waals surface area (Å²) < 4.78 is 33.9. The first-order valence-corrected chi connectivity index (χ1v) is 14.2. The smallest absolute Gasteiger partial charge is 0.365 e. The fourth-order valence-electron chi connectivity index (χ4n) is 3.57. The van der Waals surface area contributed by atoms with Crippen molar-refractivity contribution >= 4 is 65.6 Å². The van der Waals surface area contributed by atoms with Crippen LogP contribution in [0.4, 0.5) is 5.69 Å². The number of fused-ring (bicyclic) bond motifs is 1. The third kappa shape index (κ3) is 4.80. The predicted octanol–water partition coefficient (Wildman–Crippen LogP) is 5.25. The first-order valence-electron chi connectivity index (χ1n) is 11.1. The maximum Gasteiger partial charge on any atom is 0.365 e. The van der Waals surface area contributed by atoms with E-state index in [1.54, 1.807) is 67.6 Å². The number of allylic oxidation sites excluding steroid dienone is 1. The number of benzene rings is 3. The van der Waals surface area contributed by atoms with Crippen LogP contribution in [-0.4, -0.2) is 36.8 Å². The van der Waals surface area contributed by atoms with E-state index in [-0.39, 0.29) is 26.6 Å². The average Bonchev–Trinajstić information content (AvgIpc) is 3.55. The molecule has 0 bridgehead atoms. The number of hydrogen-bond acceptors (Lipinski definition) is 10. The predicted molar refractivity (Wildman–Crippen MR) is 145 cm³/mol. The highest BCUT2D eigenvalue weighted by atomic mass is 32.2. The van der Waals surface area contributed by atoms with Gasteiger partial charge in [-0.05, 0) is 55.1 Å². The van der Waals surface area contributed by atoms with Gasteiger partial charge in [-0.15, -0.1) is 11.3 Å². The van der Waals surface area contributed by atoms with Crippen molar-refractivity contribution in [2.24, 2.45) is 5.10 Å². The Morgan fingerprint density at radius 1 is 0.919 bits per heavy atom. The number of aromatic nitrogens is 1. The van der Waals surface area contributed by atoms with Crippen molar-refractivity contribution in [3.8, 4) is 0 Å². The Morgan fingerprint density at radius 3 is 2.24 bits per heavy atom. The Morgan fingerprint density at radius 2 is 1.57 bits per heavy atom. The highest BCUT2D eigenvalue weighted by Crippen LogP contribution is 2.41. The summed E-state index contributed by atoms with van der Waals surface area (Å²) in [5.41, 5.74) is 1.06. The van der Waals surface area contributed by atoms with Crippen molar-refractivity contribution < 1.29 is 22.7 Å². The fourth-order valence-corrected chi connectivity index (χ4v) is 7.28. The highest BCUT2D eigenvalue weighted by molar-refractivity contribution is 8.19. The lowest BCUT2D eigenvalue weighted by Crippen LogP contribution is -2.21. The number of hydrogen-bond donors (Lipinski definition) is 0. The van der Waals surface area contributed by atoms with Gasteiger partial charge in [0, 0.05) is 0 Å². The molecule has 1 aromatic heterocycles. The van der Waals surface area contributed by atoms with Gasteiger partial charge in [-0.2, -0.15) is 5.10 Å². The second-order valence-electron chi connectivity index (χ2n) is 7.64. The number of para-hydroxylation sites is 2. The minimum absolute atomic E-state index is 0.0152. The second-order valence-corrected chi connectivity index (χ2v) is 11.5. The first kappa shape index (κ1) is 24.9. The maximum atomic E-state index is 14.0. The Labute approximate surface area is 221 Å². The zero-order chi connectivity index (χ0) is 26.0. The maximum absolute atomic E-state index is 14.0. The quantitative estimate of drug-likeness (QED) is 0.175. The molecule has 0 amide bonds. The number of ketones is 1. The van der Waals surface area contributed by atoms with E-state index in [1.807, 2.05) is 12.1 Å². The van der Waals surface area contributed by atoms with Crippen LogP contribution in [0.5, 0.6) is 0 Å². The van der Waals surface area contributed by atoms with Gasteiger partial charge in [-0.1, -0.05) is 48.5 Å². The van der Waals surface area contributed by atoms with Crippen molar-refractivity contribution in [2.75, 3.05) is 11.6 Å². The Kier molecular flexibility index (Phi) is 6.92. The van der Waals surface area contributed by atoms with Gasteiger partial charge in [0.15, 0.2) is 9.91 Å². The van der Waals surface area contributed by atoms with E-state index >= 15 is 0 Å². The molecule has 3 aromatic carbocycles. The summed E-state index contributed by atoms with van der Waals surface area (Å²) in [4.78, 5) is 30.4. The summed E-state index contributed by atoms with van der Waals surface area (Å²) in [6.45, 7) is 1.77. The number of esters is 1. The van der Waals surface area contributed by atoms with Gasteiger partial charge in [-0.3, -0.25) is 4.79 Å². The Bertz CT molecular complexity index is 1630. The number of thioether (sulfide) groups is 1. The molecule has 186 valence electrons. The molecule has 0 aliphatic carbocycles. The van der Waals surface area contributed by atoms with E-state index < -0.39 is 26.5 Å². The minimum Gasteiger partial charge on any atom is -0.461 e. The summed E-state index contributed by atoms with van der Waals surface area (Å²) in [6.07, 6.45) is 0. The number of Topliss-reactive ketones (excluding diaryl/α,β-unsaturated/α-hetero) is 1. The molecule has 2 heterocycles. The van der Waals surface area contributed by atoms with Crippen LogP contribution < -0.4 is 5.01 Å². The van der Waals surface area contributed by atoms with Crippen molar-refractivity contribution in [2.45, 2.75) is 11.8 Å². The molecule has 0 fully saturated rings. The molecule has 0 saturated heterocycles. The summed E-state index contributed by atoms with van der Waals surface area (Å²) >= 11 is 1.88. The largest absolute Gasteiger partial charge is 0.461 e. The lowest BCUT2D eigenvalue weighted by atomic mass is 10.3. The Hall–Kier alpha value is -3.80. The van der Waals surface area contributed by atoms with E-state index in [1.165, 1.54) is 17.1 Å². The van der Waals surface area contributed by atoms with Crippen molar-refractivity contribution in [3.05, 3.63) is 99.9 Å². The van der Waals surface area contributed by atoms with Crippen LogP contribution in [-0.2, 0) is 19.4 Å². The summed E-state index contributed by atoms with van der Waals surface area (Å²) in [5.74, 6) is -1.50. The van der Waals surface area contributed by atoms with Crippen molar-refractivity contribution in [1.29, 1.82) is 0 Å². The van der Waals surface area contributed by atoms with E-state index in [0.717, 1.165) is 27.8 Å². The van der Waals surface area contributed by atoms with Crippen LogP contribution in [0, 0.1) is 0 Å². The van der Waals surface area contributed by atoms with E-state index in [2.05, 4.69) is 10.1 Å². The molecule has 8 nitrogen and oxygen atoms in total. The van der Waals surface area contributed by atoms with Gasteiger partial charge in [0.2, 0.25) is 20.7 Å². The molecule has 0 spiro atoms. The molecule has 37 heavy (non-hydrogen) atoms. The van der Waals surface area contributed by atoms with Gasteiger partial charge in [0.05, 0.1) is 27.4 Å². The number of carbonyl (C=O) groups is 2.